The fourth-order valence-electron chi connectivity index (χ4n) is 3.00. The molecule has 32 heavy (non-hydrogen) atoms. The minimum atomic E-state index is 0. The van der Waals surface area contributed by atoms with Crippen molar-refractivity contribution in [1.29, 1.82) is 0 Å². The van der Waals surface area contributed by atoms with Crippen molar-refractivity contribution in [3.05, 3.63) is 60.0 Å². The van der Waals surface area contributed by atoms with Gasteiger partial charge in [0.1, 0.15) is 12.4 Å². The van der Waals surface area contributed by atoms with E-state index in [1.165, 1.54) is 0 Å². The standard InChI is InChI=1S/C22H31N7O2.HI/c1-23-22(25-17-21-27-26-20-9-4-5-10-29(20)21)24-16-18-7-6-8-19(15-18)31-14-12-28(2)11-13-30-3;/h4-10,15H,11-14,16-17H2,1-3H3,(H2,23,24,25);1H. The number of nitrogens with one attached hydrogen (secondary N) is 2. The molecule has 0 radical (unpaired) electrons. The number of rotatable bonds is 11. The summed E-state index contributed by atoms with van der Waals surface area (Å²) in [5.41, 5.74) is 1.94. The van der Waals surface area contributed by atoms with Crippen LogP contribution in [0.5, 0.6) is 5.75 Å². The van der Waals surface area contributed by atoms with Crippen molar-refractivity contribution < 1.29 is 9.47 Å². The first-order chi connectivity index (χ1) is 15.2. The van der Waals surface area contributed by atoms with Gasteiger partial charge < -0.3 is 25.0 Å². The first-order valence-corrected chi connectivity index (χ1v) is 10.3. The van der Waals surface area contributed by atoms with E-state index < -0.39 is 0 Å². The zero-order chi connectivity index (χ0) is 21.9. The topological polar surface area (TPSA) is 88.3 Å². The van der Waals surface area contributed by atoms with E-state index in [0.29, 0.717) is 25.7 Å². The third kappa shape index (κ3) is 7.92. The molecular formula is C22H32IN7O2. The number of aliphatic imine (C=N–C) groups is 1. The lowest BCUT2D eigenvalue weighted by Gasteiger charge is -2.16. The molecule has 2 heterocycles. The highest BCUT2D eigenvalue weighted by Crippen LogP contribution is 2.13. The molecule has 0 unspecified atom stereocenters. The summed E-state index contributed by atoms with van der Waals surface area (Å²) in [4.78, 5) is 6.47. The van der Waals surface area contributed by atoms with E-state index in [2.05, 4.69) is 43.8 Å². The van der Waals surface area contributed by atoms with E-state index in [1.54, 1.807) is 14.2 Å². The van der Waals surface area contributed by atoms with Gasteiger partial charge in [-0.3, -0.25) is 9.39 Å². The monoisotopic (exact) mass is 553 g/mol. The average Bonchev–Trinajstić information content (AvgIpc) is 3.21. The van der Waals surface area contributed by atoms with E-state index >= 15 is 0 Å². The molecule has 0 amide bonds. The van der Waals surface area contributed by atoms with Gasteiger partial charge in [0.15, 0.2) is 17.4 Å². The molecule has 1 aromatic carbocycles. The minimum Gasteiger partial charge on any atom is -0.492 e. The number of halogens is 1. The molecule has 3 rings (SSSR count). The Balaban J connectivity index is 0.00000363. The number of likely N-dealkylation sites (N-methyl/N-ethyl adjacent to an activating group) is 1. The Morgan fingerprint density at radius 3 is 2.69 bits per heavy atom. The quantitative estimate of drug-likeness (QED) is 0.214. The minimum absolute atomic E-state index is 0. The van der Waals surface area contributed by atoms with E-state index in [0.717, 1.165) is 42.5 Å². The van der Waals surface area contributed by atoms with Crippen molar-refractivity contribution >= 4 is 35.6 Å². The second-order valence-electron chi connectivity index (χ2n) is 7.12. The smallest absolute Gasteiger partial charge is 0.191 e. The molecule has 0 saturated heterocycles. The Morgan fingerprint density at radius 1 is 1.06 bits per heavy atom. The summed E-state index contributed by atoms with van der Waals surface area (Å²) in [7, 11) is 5.52. The summed E-state index contributed by atoms with van der Waals surface area (Å²) in [6.07, 6.45) is 1.95. The fourth-order valence-corrected chi connectivity index (χ4v) is 3.00. The predicted molar refractivity (Wildman–Crippen MR) is 137 cm³/mol. The average molecular weight is 553 g/mol. The highest BCUT2D eigenvalue weighted by Gasteiger charge is 2.06. The number of fused-ring (bicyclic) bond motifs is 1. The molecule has 9 nitrogen and oxygen atoms in total. The van der Waals surface area contributed by atoms with Gasteiger partial charge in [0, 0.05) is 40.0 Å². The fraction of sp³-hybridized carbons (Fsp3) is 0.409. The molecule has 2 N–H and O–H groups in total. The molecule has 0 saturated carbocycles. The van der Waals surface area contributed by atoms with Crippen molar-refractivity contribution in [2.45, 2.75) is 13.1 Å². The number of methoxy groups -OCH3 is 1. The second kappa shape index (κ2) is 13.9. The Hall–Kier alpha value is -2.44. The summed E-state index contributed by atoms with van der Waals surface area (Å²) in [6, 6.07) is 13.9. The first-order valence-electron chi connectivity index (χ1n) is 10.3. The van der Waals surface area contributed by atoms with Crippen LogP contribution in [0.1, 0.15) is 11.4 Å². The van der Waals surface area contributed by atoms with Crippen LogP contribution in [0.4, 0.5) is 0 Å². The van der Waals surface area contributed by atoms with Crippen LogP contribution in [0.15, 0.2) is 53.7 Å². The Morgan fingerprint density at radius 2 is 1.88 bits per heavy atom. The van der Waals surface area contributed by atoms with Gasteiger partial charge in [0.05, 0.1) is 13.2 Å². The summed E-state index contributed by atoms with van der Waals surface area (Å²) in [6.45, 7) is 4.24. The number of hydrogen-bond donors (Lipinski definition) is 2. The highest BCUT2D eigenvalue weighted by atomic mass is 127. The number of benzene rings is 1. The predicted octanol–water partition coefficient (Wildman–Crippen LogP) is 2.17. The number of nitrogens with zero attached hydrogens (tertiary/aromatic N) is 5. The molecule has 0 aliphatic heterocycles. The molecule has 0 aliphatic carbocycles. The lowest BCUT2D eigenvalue weighted by Crippen LogP contribution is -2.36. The maximum atomic E-state index is 5.89. The molecular weight excluding hydrogens is 521 g/mol. The normalized spacial score (nSPS) is 11.4. The molecule has 0 bridgehead atoms. The second-order valence-corrected chi connectivity index (χ2v) is 7.12. The van der Waals surface area contributed by atoms with Crippen LogP contribution in [-0.4, -0.2) is 73.0 Å². The van der Waals surface area contributed by atoms with Crippen molar-refractivity contribution in [3.63, 3.8) is 0 Å². The zero-order valence-corrected chi connectivity index (χ0v) is 21.2. The largest absolute Gasteiger partial charge is 0.492 e. The Bertz CT molecular complexity index is 980. The molecule has 0 aliphatic rings. The maximum absolute atomic E-state index is 5.89. The van der Waals surface area contributed by atoms with Crippen molar-refractivity contribution in [3.8, 4) is 5.75 Å². The van der Waals surface area contributed by atoms with Gasteiger partial charge in [0.25, 0.3) is 0 Å². The molecule has 0 spiro atoms. The van der Waals surface area contributed by atoms with Gasteiger partial charge in [-0.1, -0.05) is 18.2 Å². The third-order valence-electron chi connectivity index (χ3n) is 4.80. The van der Waals surface area contributed by atoms with Crippen LogP contribution in [0.2, 0.25) is 0 Å². The molecule has 0 atom stereocenters. The molecule has 174 valence electrons. The van der Waals surface area contributed by atoms with Crippen LogP contribution >= 0.6 is 24.0 Å². The lowest BCUT2D eigenvalue weighted by atomic mass is 10.2. The molecule has 2 aromatic heterocycles. The number of aromatic nitrogens is 3. The Labute approximate surface area is 206 Å². The van der Waals surface area contributed by atoms with E-state index in [9.17, 15) is 0 Å². The van der Waals surface area contributed by atoms with Crippen LogP contribution in [0.3, 0.4) is 0 Å². The van der Waals surface area contributed by atoms with E-state index in [-0.39, 0.29) is 24.0 Å². The van der Waals surface area contributed by atoms with Crippen LogP contribution in [-0.2, 0) is 17.8 Å². The summed E-state index contributed by atoms with van der Waals surface area (Å²) in [5, 5.41) is 15.0. The van der Waals surface area contributed by atoms with Crippen LogP contribution < -0.4 is 15.4 Å². The summed E-state index contributed by atoms with van der Waals surface area (Å²) >= 11 is 0. The van der Waals surface area contributed by atoms with Crippen LogP contribution in [0.25, 0.3) is 5.65 Å². The first kappa shape index (κ1) is 25.8. The SMILES string of the molecule is CN=C(NCc1cccc(OCCN(C)CCOC)c1)NCc1nnc2ccccn12.I. The van der Waals surface area contributed by atoms with Crippen molar-refractivity contribution in [2.24, 2.45) is 4.99 Å². The van der Waals surface area contributed by atoms with Gasteiger partial charge in [-0.05, 0) is 36.9 Å². The number of hydrogen-bond acceptors (Lipinski definition) is 6. The summed E-state index contributed by atoms with van der Waals surface area (Å²) in [5.74, 6) is 2.38. The Kier molecular flexibility index (Phi) is 11.2. The zero-order valence-electron chi connectivity index (χ0n) is 18.8. The number of ether oxygens (including phenoxy) is 2. The van der Waals surface area contributed by atoms with E-state index in [4.69, 9.17) is 9.47 Å². The van der Waals surface area contributed by atoms with Gasteiger partial charge in [0.2, 0.25) is 0 Å². The van der Waals surface area contributed by atoms with E-state index in [1.807, 2.05) is 47.0 Å². The third-order valence-corrected chi connectivity index (χ3v) is 4.80. The summed E-state index contributed by atoms with van der Waals surface area (Å²) < 4.78 is 12.9. The van der Waals surface area contributed by atoms with Crippen molar-refractivity contribution in [2.75, 3.05) is 47.5 Å². The molecule has 0 fully saturated rings. The van der Waals surface area contributed by atoms with Crippen molar-refractivity contribution in [1.82, 2.24) is 30.1 Å². The van der Waals surface area contributed by atoms with Gasteiger partial charge >= 0.3 is 0 Å². The van der Waals surface area contributed by atoms with Gasteiger partial charge in [-0.25, -0.2) is 0 Å². The highest BCUT2D eigenvalue weighted by molar-refractivity contribution is 14.0. The number of guanidine groups is 1. The van der Waals surface area contributed by atoms with Gasteiger partial charge in [-0.15, -0.1) is 34.2 Å². The molecule has 3 aromatic rings. The van der Waals surface area contributed by atoms with Crippen LogP contribution in [0, 0.1) is 0 Å². The molecule has 10 heteroatoms. The van der Waals surface area contributed by atoms with Gasteiger partial charge in [-0.2, -0.15) is 0 Å². The number of pyridine rings is 1. The lowest BCUT2D eigenvalue weighted by molar-refractivity contribution is 0.150. The maximum Gasteiger partial charge on any atom is 0.191 e.